The van der Waals surface area contributed by atoms with Crippen LogP contribution in [0.15, 0.2) is 12.1 Å². The summed E-state index contributed by atoms with van der Waals surface area (Å²) in [6.45, 7) is 7.60. The van der Waals surface area contributed by atoms with Crippen molar-refractivity contribution >= 4 is 17.4 Å². The van der Waals surface area contributed by atoms with Gasteiger partial charge in [-0.15, -0.1) is 16.7 Å². The van der Waals surface area contributed by atoms with Crippen molar-refractivity contribution in [3.05, 3.63) is 17.8 Å². The van der Waals surface area contributed by atoms with E-state index in [4.69, 9.17) is 11.6 Å². The van der Waals surface area contributed by atoms with Gasteiger partial charge in [0, 0.05) is 26.2 Å². The van der Waals surface area contributed by atoms with Crippen molar-refractivity contribution in [2.75, 3.05) is 37.6 Å². The predicted molar refractivity (Wildman–Crippen MR) is 65.9 cm³/mol. The fourth-order valence-corrected chi connectivity index (χ4v) is 2.03. The van der Waals surface area contributed by atoms with E-state index in [1.54, 1.807) is 0 Å². The number of alkyl halides is 1. The molecule has 0 unspecified atom stereocenters. The van der Waals surface area contributed by atoms with Gasteiger partial charge in [-0.25, -0.2) is 0 Å². The molecule has 0 bridgehead atoms. The number of rotatable bonds is 3. The molecule has 16 heavy (non-hydrogen) atoms. The van der Waals surface area contributed by atoms with Crippen LogP contribution in [0.1, 0.15) is 12.6 Å². The number of anilines is 1. The van der Waals surface area contributed by atoms with E-state index in [9.17, 15) is 0 Å². The van der Waals surface area contributed by atoms with Crippen LogP contribution in [0, 0.1) is 0 Å². The third-order valence-corrected chi connectivity index (χ3v) is 3.26. The van der Waals surface area contributed by atoms with E-state index in [0.717, 1.165) is 44.2 Å². The van der Waals surface area contributed by atoms with Gasteiger partial charge in [0.1, 0.15) is 0 Å². The van der Waals surface area contributed by atoms with Crippen molar-refractivity contribution < 1.29 is 0 Å². The first-order valence-electron chi connectivity index (χ1n) is 5.69. The molecule has 1 fully saturated rings. The fraction of sp³-hybridized carbons (Fsp3) is 0.636. The Labute approximate surface area is 101 Å². The number of halogens is 1. The zero-order valence-corrected chi connectivity index (χ0v) is 10.3. The van der Waals surface area contributed by atoms with Crippen LogP contribution >= 0.6 is 11.6 Å². The predicted octanol–water partition coefficient (Wildman–Crippen LogP) is 1.36. The summed E-state index contributed by atoms with van der Waals surface area (Å²) in [5.41, 5.74) is 0.831. The van der Waals surface area contributed by atoms with Crippen molar-refractivity contribution in [1.82, 2.24) is 15.1 Å². The van der Waals surface area contributed by atoms with Crippen molar-refractivity contribution in [3.63, 3.8) is 0 Å². The van der Waals surface area contributed by atoms with Gasteiger partial charge in [-0.05, 0) is 18.7 Å². The minimum atomic E-state index is 0.427. The molecule has 1 saturated heterocycles. The summed E-state index contributed by atoms with van der Waals surface area (Å²) in [6, 6.07) is 3.95. The number of nitrogens with zero attached hydrogens (tertiary/aromatic N) is 4. The van der Waals surface area contributed by atoms with Gasteiger partial charge < -0.3 is 9.80 Å². The smallest absolute Gasteiger partial charge is 0.151 e. The zero-order chi connectivity index (χ0) is 11.4. The molecule has 1 aliphatic heterocycles. The quantitative estimate of drug-likeness (QED) is 0.747. The second-order valence-electron chi connectivity index (χ2n) is 3.94. The average molecular weight is 241 g/mol. The minimum Gasteiger partial charge on any atom is -0.353 e. The van der Waals surface area contributed by atoms with Crippen LogP contribution in [0.2, 0.25) is 0 Å². The summed E-state index contributed by atoms with van der Waals surface area (Å²) in [7, 11) is 0. The first kappa shape index (κ1) is 11.6. The summed E-state index contributed by atoms with van der Waals surface area (Å²) in [5.74, 6) is 1.39. The van der Waals surface area contributed by atoms with Gasteiger partial charge >= 0.3 is 0 Å². The molecule has 0 spiro atoms. The Morgan fingerprint density at radius 1 is 1.19 bits per heavy atom. The molecule has 1 aromatic rings. The highest BCUT2D eigenvalue weighted by molar-refractivity contribution is 6.16. The van der Waals surface area contributed by atoms with Crippen LogP contribution in [-0.4, -0.2) is 47.8 Å². The summed E-state index contributed by atoms with van der Waals surface area (Å²) in [4.78, 5) is 4.72. The molecule has 0 aliphatic carbocycles. The van der Waals surface area contributed by atoms with Crippen molar-refractivity contribution in [2.45, 2.75) is 12.8 Å². The lowest BCUT2D eigenvalue weighted by Gasteiger charge is -2.34. The highest BCUT2D eigenvalue weighted by Gasteiger charge is 2.16. The van der Waals surface area contributed by atoms with Crippen LogP contribution in [0.5, 0.6) is 0 Å². The van der Waals surface area contributed by atoms with Crippen LogP contribution in [0.3, 0.4) is 0 Å². The maximum Gasteiger partial charge on any atom is 0.151 e. The lowest BCUT2D eigenvalue weighted by molar-refractivity contribution is 0.270. The Balaban J connectivity index is 1.97. The Morgan fingerprint density at radius 2 is 1.94 bits per heavy atom. The van der Waals surface area contributed by atoms with E-state index in [1.165, 1.54) is 0 Å². The Bertz CT molecular complexity index is 319. The molecule has 2 heterocycles. The van der Waals surface area contributed by atoms with Crippen LogP contribution in [0.4, 0.5) is 5.82 Å². The summed E-state index contributed by atoms with van der Waals surface area (Å²) >= 11 is 5.68. The summed E-state index contributed by atoms with van der Waals surface area (Å²) < 4.78 is 0. The van der Waals surface area contributed by atoms with E-state index in [1.807, 2.05) is 12.1 Å². The second kappa shape index (κ2) is 5.46. The molecule has 0 atom stereocenters. The minimum absolute atomic E-state index is 0.427. The van der Waals surface area contributed by atoms with Crippen LogP contribution in [0.25, 0.3) is 0 Å². The van der Waals surface area contributed by atoms with E-state index in [2.05, 4.69) is 26.9 Å². The Hall–Kier alpha value is -0.870. The van der Waals surface area contributed by atoms with Gasteiger partial charge in [0.2, 0.25) is 0 Å². The lowest BCUT2D eigenvalue weighted by atomic mass is 10.3. The average Bonchev–Trinajstić information content (AvgIpc) is 2.39. The molecule has 0 saturated carbocycles. The molecule has 88 valence electrons. The Kier molecular flexibility index (Phi) is 3.96. The molecule has 1 aromatic heterocycles. The van der Waals surface area contributed by atoms with E-state index in [0.29, 0.717) is 5.88 Å². The van der Waals surface area contributed by atoms with E-state index < -0.39 is 0 Å². The number of likely N-dealkylation sites (N-methyl/N-ethyl adjacent to an activating group) is 1. The molecule has 0 N–H and O–H groups in total. The number of piperazine rings is 1. The summed E-state index contributed by atoms with van der Waals surface area (Å²) in [5, 5.41) is 8.27. The SMILES string of the molecule is CCN1CCN(c2ccc(CCl)nn2)CC1. The van der Waals surface area contributed by atoms with Gasteiger partial charge in [0.05, 0.1) is 11.6 Å². The van der Waals surface area contributed by atoms with Crippen molar-refractivity contribution in [2.24, 2.45) is 0 Å². The van der Waals surface area contributed by atoms with Gasteiger partial charge in [-0.2, -0.15) is 5.10 Å². The summed E-state index contributed by atoms with van der Waals surface area (Å²) in [6.07, 6.45) is 0. The topological polar surface area (TPSA) is 32.3 Å². The molecule has 4 nitrogen and oxygen atoms in total. The van der Waals surface area contributed by atoms with Crippen molar-refractivity contribution in [3.8, 4) is 0 Å². The van der Waals surface area contributed by atoms with Gasteiger partial charge in [-0.3, -0.25) is 0 Å². The highest BCUT2D eigenvalue weighted by atomic mass is 35.5. The number of aromatic nitrogens is 2. The molecule has 0 aromatic carbocycles. The zero-order valence-electron chi connectivity index (χ0n) is 9.56. The molecule has 5 heteroatoms. The maximum absolute atomic E-state index is 5.68. The molecule has 0 amide bonds. The number of hydrogen-bond donors (Lipinski definition) is 0. The van der Waals surface area contributed by atoms with Gasteiger partial charge in [0.15, 0.2) is 5.82 Å². The first-order chi connectivity index (χ1) is 7.83. The van der Waals surface area contributed by atoms with E-state index in [-0.39, 0.29) is 0 Å². The third-order valence-electron chi connectivity index (χ3n) is 2.99. The third kappa shape index (κ3) is 2.62. The first-order valence-corrected chi connectivity index (χ1v) is 6.23. The van der Waals surface area contributed by atoms with E-state index >= 15 is 0 Å². The standard InChI is InChI=1S/C11H17ClN4/c1-2-15-5-7-16(8-6-15)11-4-3-10(9-12)13-14-11/h3-4H,2,5-9H2,1H3. The molecule has 1 aliphatic rings. The monoisotopic (exact) mass is 240 g/mol. The lowest BCUT2D eigenvalue weighted by Crippen LogP contribution is -2.46. The normalized spacial score (nSPS) is 17.8. The van der Waals surface area contributed by atoms with Gasteiger partial charge in [0.25, 0.3) is 0 Å². The van der Waals surface area contributed by atoms with Gasteiger partial charge in [-0.1, -0.05) is 6.92 Å². The van der Waals surface area contributed by atoms with Crippen LogP contribution in [-0.2, 0) is 5.88 Å². The Morgan fingerprint density at radius 3 is 2.44 bits per heavy atom. The molecular weight excluding hydrogens is 224 g/mol. The molecule has 0 radical (unpaired) electrons. The van der Waals surface area contributed by atoms with Crippen molar-refractivity contribution in [1.29, 1.82) is 0 Å². The maximum atomic E-state index is 5.68. The second-order valence-corrected chi connectivity index (χ2v) is 4.21. The molecule has 2 rings (SSSR count). The van der Waals surface area contributed by atoms with Crippen LogP contribution < -0.4 is 4.90 Å². The fourth-order valence-electron chi connectivity index (χ4n) is 1.89. The highest BCUT2D eigenvalue weighted by Crippen LogP contribution is 2.13. The largest absolute Gasteiger partial charge is 0.353 e. The number of hydrogen-bond acceptors (Lipinski definition) is 4. The molecular formula is C11H17ClN4.